The van der Waals surface area contributed by atoms with Gasteiger partial charge in [0, 0.05) is 5.69 Å². The zero-order valence-electron chi connectivity index (χ0n) is 13.1. The number of hydrogen-bond acceptors (Lipinski definition) is 7. The molecule has 0 unspecified atom stereocenters. The molecule has 1 heterocycles. The highest BCUT2D eigenvalue weighted by Gasteiger charge is 2.28. The van der Waals surface area contributed by atoms with Crippen molar-refractivity contribution in [3.63, 3.8) is 0 Å². The van der Waals surface area contributed by atoms with Gasteiger partial charge >= 0.3 is 0 Å². The minimum absolute atomic E-state index is 0.00863. The first-order valence-corrected chi connectivity index (χ1v) is 9.52. The summed E-state index contributed by atoms with van der Waals surface area (Å²) in [4.78, 5) is 8.27. The Morgan fingerprint density at radius 1 is 1.28 bits per heavy atom. The molecule has 3 rings (SSSR count). The van der Waals surface area contributed by atoms with Crippen LogP contribution in [0.1, 0.15) is 19.3 Å². The maximum absolute atomic E-state index is 11.3. The van der Waals surface area contributed by atoms with Gasteiger partial charge in [0.1, 0.15) is 11.1 Å². The number of nitrogens with one attached hydrogen (secondary N) is 1. The molecule has 134 valence electrons. The Bertz CT molecular complexity index is 860. The zero-order valence-corrected chi connectivity index (χ0v) is 14.7. The molecule has 4 N–H and O–H groups in total. The number of aromatic nitrogens is 2. The van der Waals surface area contributed by atoms with Crippen molar-refractivity contribution >= 4 is 33.3 Å². The van der Waals surface area contributed by atoms with E-state index in [0.29, 0.717) is 12.1 Å². The Morgan fingerprint density at radius 2 is 2.00 bits per heavy atom. The van der Waals surface area contributed by atoms with E-state index >= 15 is 0 Å². The zero-order chi connectivity index (χ0) is 18.0. The Hall–Kier alpha value is -1.94. The molecule has 0 radical (unpaired) electrons. The Morgan fingerprint density at radius 3 is 2.60 bits per heavy atom. The molecule has 0 aliphatic heterocycles. The number of rotatable bonds is 5. The van der Waals surface area contributed by atoms with Crippen LogP contribution in [0.2, 0.25) is 5.02 Å². The number of ether oxygens (including phenoxy) is 1. The molecule has 2 atom stereocenters. The fourth-order valence-corrected chi connectivity index (χ4v) is 3.19. The van der Waals surface area contributed by atoms with Crippen LogP contribution >= 0.6 is 11.6 Å². The van der Waals surface area contributed by atoms with Crippen molar-refractivity contribution in [3.05, 3.63) is 35.5 Å². The predicted octanol–water partition coefficient (Wildman–Crippen LogP) is 1.81. The van der Waals surface area contributed by atoms with Crippen LogP contribution in [0.4, 0.5) is 11.6 Å². The van der Waals surface area contributed by atoms with Gasteiger partial charge in [0.05, 0.1) is 17.2 Å². The second-order valence-corrected chi connectivity index (χ2v) is 7.66. The van der Waals surface area contributed by atoms with Crippen molar-refractivity contribution in [1.82, 2.24) is 9.97 Å². The molecule has 0 spiro atoms. The van der Waals surface area contributed by atoms with Gasteiger partial charge in [-0.05, 0) is 43.5 Å². The van der Waals surface area contributed by atoms with E-state index < -0.39 is 16.1 Å². The molecule has 10 heteroatoms. The van der Waals surface area contributed by atoms with Crippen LogP contribution in [-0.2, 0) is 10.0 Å². The Balaban J connectivity index is 1.75. The Labute approximate surface area is 150 Å². The van der Waals surface area contributed by atoms with Crippen LogP contribution < -0.4 is 15.2 Å². The smallest absolute Gasteiger partial charge is 0.238 e. The second kappa shape index (κ2) is 7.12. The molecule has 25 heavy (non-hydrogen) atoms. The molecule has 1 aromatic heterocycles. The van der Waals surface area contributed by atoms with Crippen molar-refractivity contribution in [2.75, 3.05) is 5.32 Å². The van der Waals surface area contributed by atoms with Crippen molar-refractivity contribution in [2.24, 2.45) is 5.14 Å². The largest absolute Gasteiger partial charge is 0.470 e. The van der Waals surface area contributed by atoms with Gasteiger partial charge in [0.2, 0.25) is 21.9 Å². The third kappa shape index (κ3) is 4.37. The van der Waals surface area contributed by atoms with Gasteiger partial charge in [0.25, 0.3) is 0 Å². The maximum Gasteiger partial charge on any atom is 0.238 e. The van der Waals surface area contributed by atoms with Crippen molar-refractivity contribution in [3.8, 4) is 5.88 Å². The average molecular weight is 385 g/mol. The highest BCUT2D eigenvalue weighted by molar-refractivity contribution is 7.89. The van der Waals surface area contributed by atoms with E-state index in [-0.39, 0.29) is 27.9 Å². The van der Waals surface area contributed by atoms with Crippen LogP contribution in [0, 0.1) is 0 Å². The van der Waals surface area contributed by atoms with E-state index in [4.69, 9.17) is 21.5 Å². The molecule has 1 aliphatic carbocycles. The van der Waals surface area contributed by atoms with E-state index in [2.05, 4.69) is 15.3 Å². The normalized spacial score (nSPS) is 20.4. The monoisotopic (exact) mass is 384 g/mol. The molecule has 8 nitrogen and oxygen atoms in total. The molecular formula is C15H17ClN4O4S. The van der Waals surface area contributed by atoms with Gasteiger partial charge in [0.15, 0.2) is 0 Å². The summed E-state index contributed by atoms with van der Waals surface area (Å²) in [6.07, 6.45) is 2.83. The lowest BCUT2D eigenvalue weighted by Gasteiger charge is -2.17. The van der Waals surface area contributed by atoms with E-state index in [1.54, 1.807) is 12.1 Å². The summed E-state index contributed by atoms with van der Waals surface area (Å²) in [6.45, 7) is 0. The Kier molecular flexibility index (Phi) is 5.09. The minimum Gasteiger partial charge on any atom is -0.470 e. The maximum atomic E-state index is 11.3. The predicted molar refractivity (Wildman–Crippen MR) is 92.4 cm³/mol. The summed E-state index contributed by atoms with van der Waals surface area (Å²) in [7, 11) is -3.74. The first kappa shape index (κ1) is 17.9. The number of sulfonamides is 1. The van der Waals surface area contributed by atoms with E-state index in [9.17, 15) is 13.5 Å². The van der Waals surface area contributed by atoms with E-state index in [0.717, 1.165) is 12.8 Å². The lowest BCUT2D eigenvalue weighted by atomic mass is 10.3. The lowest BCUT2D eigenvalue weighted by Crippen LogP contribution is -2.26. The summed E-state index contributed by atoms with van der Waals surface area (Å²) in [6, 6.07) is 5.83. The average Bonchev–Trinajstić information content (AvgIpc) is 2.95. The van der Waals surface area contributed by atoms with Gasteiger partial charge in [-0.3, -0.25) is 0 Å². The number of nitrogens with two attached hydrogens (primary N) is 1. The third-order valence-corrected chi connectivity index (χ3v) is 5.02. The van der Waals surface area contributed by atoms with Gasteiger partial charge in [-0.15, -0.1) is 0 Å². The fourth-order valence-electron chi connectivity index (χ4n) is 2.54. The molecule has 1 aromatic carbocycles. The quantitative estimate of drug-likeness (QED) is 0.717. The minimum atomic E-state index is -3.74. The summed E-state index contributed by atoms with van der Waals surface area (Å²) in [5, 5.41) is 18.1. The molecule has 2 aromatic rings. The van der Waals surface area contributed by atoms with Crippen LogP contribution in [0.25, 0.3) is 0 Å². The van der Waals surface area contributed by atoms with Crippen LogP contribution in [0.5, 0.6) is 5.88 Å². The second-order valence-electron chi connectivity index (χ2n) is 5.70. The number of aliphatic hydroxyl groups excluding tert-OH is 1. The highest BCUT2D eigenvalue weighted by Crippen LogP contribution is 2.29. The van der Waals surface area contributed by atoms with Gasteiger partial charge in [-0.25, -0.2) is 18.5 Å². The molecule has 0 bridgehead atoms. The van der Waals surface area contributed by atoms with Gasteiger partial charge in [-0.1, -0.05) is 11.6 Å². The molecular weight excluding hydrogens is 368 g/mol. The number of benzene rings is 1. The molecule has 0 saturated heterocycles. The van der Waals surface area contributed by atoms with Gasteiger partial charge < -0.3 is 15.2 Å². The first-order valence-electron chi connectivity index (χ1n) is 7.60. The van der Waals surface area contributed by atoms with Crippen molar-refractivity contribution in [2.45, 2.75) is 36.4 Å². The van der Waals surface area contributed by atoms with E-state index in [1.165, 1.54) is 18.3 Å². The van der Waals surface area contributed by atoms with Crippen molar-refractivity contribution in [1.29, 1.82) is 0 Å². The number of aliphatic hydroxyl groups is 1. The third-order valence-electron chi connectivity index (χ3n) is 3.83. The standard InChI is InChI=1S/C15H17ClN4O4S/c16-11-8-18-15(20-14(11)24-13-3-1-2-12(13)21)19-9-4-6-10(7-5-9)25(17,22)23/h4-8,12-13,21H,1-3H2,(H2,17,22,23)(H,18,19,20)/t12-,13+/m0/s1. The summed E-state index contributed by atoms with van der Waals surface area (Å²) in [5.41, 5.74) is 0.571. The highest BCUT2D eigenvalue weighted by atomic mass is 35.5. The SMILES string of the molecule is NS(=O)(=O)c1ccc(Nc2ncc(Cl)c(O[C@@H]3CCC[C@@H]3O)n2)cc1. The first-order chi connectivity index (χ1) is 11.8. The molecule has 1 saturated carbocycles. The van der Waals surface area contributed by atoms with Crippen molar-refractivity contribution < 1.29 is 18.3 Å². The summed E-state index contributed by atoms with van der Waals surface area (Å²) in [5.74, 6) is 0.418. The lowest BCUT2D eigenvalue weighted by molar-refractivity contribution is 0.0575. The number of nitrogens with zero attached hydrogens (tertiary/aromatic N) is 2. The molecule has 1 aliphatic rings. The number of primary sulfonamides is 1. The molecule has 1 fully saturated rings. The van der Waals surface area contributed by atoms with Crippen LogP contribution in [-0.4, -0.2) is 35.7 Å². The van der Waals surface area contributed by atoms with Gasteiger partial charge in [-0.2, -0.15) is 4.98 Å². The van der Waals surface area contributed by atoms with E-state index in [1.807, 2.05) is 0 Å². The molecule has 0 amide bonds. The number of halogens is 1. The number of hydrogen-bond donors (Lipinski definition) is 3. The topological polar surface area (TPSA) is 127 Å². The van der Waals surface area contributed by atoms with Crippen LogP contribution in [0.3, 0.4) is 0 Å². The van der Waals surface area contributed by atoms with Crippen LogP contribution in [0.15, 0.2) is 35.4 Å². The summed E-state index contributed by atoms with van der Waals surface area (Å²) < 4.78 is 28.2. The summed E-state index contributed by atoms with van der Waals surface area (Å²) >= 11 is 6.06. The number of anilines is 2. The fraction of sp³-hybridized carbons (Fsp3) is 0.333.